The van der Waals surface area contributed by atoms with Crippen molar-refractivity contribution in [1.29, 1.82) is 0 Å². The molecule has 0 radical (unpaired) electrons. The van der Waals surface area contributed by atoms with Crippen molar-refractivity contribution in [2.24, 2.45) is 0 Å². The van der Waals surface area contributed by atoms with Gasteiger partial charge in [0.05, 0.1) is 9.95 Å². The van der Waals surface area contributed by atoms with Crippen molar-refractivity contribution < 1.29 is 9.66 Å². The molecule has 3 rings (SSSR count). The predicted molar refractivity (Wildman–Crippen MR) is 117 cm³/mol. The highest BCUT2D eigenvalue weighted by Crippen LogP contribution is 2.34. The van der Waals surface area contributed by atoms with Crippen molar-refractivity contribution in [2.75, 3.05) is 5.32 Å². The second-order valence-corrected chi connectivity index (χ2v) is 7.53. The molecule has 0 aromatic heterocycles. The van der Waals surface area contributed by atoms with Crippen LogP contribution < -0.4 is 10.1 Å². The normalized spacial score (nSPS) is 10.6. The zero-order chi connectivity index (χ0) is 21.0. The summed E-state index contributed by atoms with van der Waals surface area (Å²) in [5.74, 6) is 0.534. The van der Waals surface area contributed by atoms with Crippen LogP contribution in [0.1, 0.15) is 22.3 Å². The number of hydrogen-bond donors (Lipinski definition) is 1. The molecule has 7 heteroatoms. The quantitative estimate of drug-likeness (QED) is 0.334. The van der Waals surface area contributed by atoms with Gasteiger partial charge < -0.3 is 10.1 Å². The summed E-state index contributed by atoms with van der Waals surface area (Å²) in [6.45, 7) is 4.85. The fourth-order valence-corrected chi connectivity index (χ4v) is 3.50. The molecule has 0 aliphatic rings. The maximum Gasteiger partial charge on any atom is 0.269 e. The Morgan fingerprint density at radius 1 is 1.07 bits per heavy atom. The summed E-state index contributed by atoms with van der Waals surface area (Å²) < 4.78 is 5.95. The lowest BCUT2D eigenvalue weighted by Gasteiger charge is -2.16. The van der Waals surface area contributed by atoms with Crippen molar-refractivity contribution in [1.82, 2.24) is 0 Å². The number of non-ortho nitro benzene ring substituents is 1. The van der Waals surface area contributed by atoms with Gasteiger partial charge in [-0.05, 0) is 60.9 Å². The lowest BCUT2D eigenvalue weighted by Crippen LogP contribution is -2.06. The number of rotatable bonds is 7. The molecule has 150 valence electrons. The molecule has 1 N–H and O–H groups in total. The number of halogens is 2. The van der Waals surface area contributed by atoms with Gasteiger partial charge in [-0.1, -0.05) is 35.3 Å². The molecule has 0 heterocycles. The fourth-order valence-electron chi connectivity index (χ4n) is 2.91. The molecule has 29 heavy (non-hydrogen) atoms. The Morgan fingerprint density at radius 2 is 1.79 bits per heavy atom. The highest BCUT2D eigenvalue weighted by Gasteiger charge is 2.13. The Labute approximate surface area is 179 Å². The minimum absolute atomic E-state index is 0.0386. The second-order valence-electron chi connectivity index (χ2n) is 6.69. The SMILES string of the molecule is Cc1cccc(NCc2cc(Cl)cc(Cl)c2OCc2ccc([N+](=O)[O-])cc2)c1C. The third-order valence-electron chi connectivity index (χ3n) is 4.69. The van der Waals surface area contributed by atoms with Crippen LogP contribution in [-0.2, 0) is 13.2 Å². The molecule has 3 aromatic carbocycles. The standard InChI is InChI=1S/C22H20Cl2N2O3/c1-14-4-3-5-21(15(14)2)25-12-17-10-18(23)11-20(24)22(17)29-13-16-6-8-19(9-7-16)26(27)28/h3-11,25H,12-13H2,1-2H3. The van der Waals surface area contributed by atoms with E-state index in [4.69, 9.17) is 27.9 Å². The van der Waals surface area contributed by atoms with Crippen molar-refractivity contribution >= 4 is 34.6 Å². The predicted octanol–water partition coefficient (Wildman–Crippen LogP) is 6.71. The maximum atomic E-state index is 10.8. The fraction of sp³-hybridized carbons (Fsp3) is 0.182. The molecule has 0 saturated carbocycles. The number of nitro benzene ring substituents is 1. The van der Waals surface area contributed by atoms with E-state index in [0.29, 0.717) is 22.3 Å². The van der Waals surface area contributed by atoms with Gasteiger partial charge in [0.2, 0.25) is 0 Å². The molecule has 0 spiro atoms. The Bertz CT molecular complexity index is 1040. The van der Waals surface area contributed by atoms with E-state index in [1.54, 1.807) is 18.2 Å². The first-order valence-electron chi connectivity index (χ1n) is 8.99. The van der Waals surface area contributed by atoms with E-state index in [-0.39, 0.29) is 12.3 Å². The molecule has 3 aromatic rings. The summed E-state index contributed by atoms with van der Waals surface area (Å²) in [7, 11) is 0. The minimum atomic E-state index is -0.433. The summed E-state index contributed by atoms with van der Waals surface area (Å²) in [6, 6.07) is 15.8. The van der Waals surface area contributed by atoms with Crippen molar-refractivity contribution in [3.05, 3.63) is 97.0 Å². The van der Waals surface area contributed by atoms with Crippen LogP contribution in [0.25, 0.3) is 0 Å². The van der Waals surface area contributed by atoms with Gasteiger partial charge in [-0.15, -0.1) is 0 Å². The zero-order valence-corrected chi connectivity index (χ0v) is 17.6. The van der Waals surface area contributed by atoms with Crippen molar-refractivity contribution in [2.45, 2.75) is 27.0 Å². The van der Waals surface area contributed by atoms with E-state index in [1.807, 2.05) is 18.2 Å². The average Bonchev–Trinajstić information content (AvgIpc) is 2.68. The Kier molecular flexibility index (Phi) is 6.62. The smallest absolute Gasteiger partial charge is 0.269 e. The van der Waals surface area contributed by atoms with Crippen LogP contribution in [0.5, 0.6) is 5.75 Å². The van der Waals surface area contributed by atoms with Crippen LogP contribution in [0.15, 0.2) is 54.6 Å². The first kappa shape index (κ1) is 21.0. The Morgan fingerprint density at radius 3 is 2.48 bits per heavy atom. The van der Waals surface area contributed by atoms with Crippen LogP contribution in [0, 0.1) is 24.0 Å². The van der Waals surface area contributed by atoms with E-state index in [2.05, 4.69) is 25.2 Å². The summed E-state index contributed by atoms with van der Waals surface area (Å²) in [5.41, 5.74) is 5.07. The first-order valence-corrected chi connectivity index (χ1v) is 9.75. The minimum Gasteiger partial charge on any atom is -0.487 e. The largest absolute Gasteiger partial charge is 0.487 e. The highest BCUT2D eigenvalue weighted by atomic mass is 35.5. The van der Waals surface area contributed by atoms with Gasteiger partial charge in [-0.3, -0.25) is 10.1 Å². The van der Waals surface area contributed by atoms with Gasteiger partial charge >= 0.3 is 0 Å². The van der Waals surface area contributed by atoms with Crippen LogP contribution in [-0.4, -0.2) is 4.92 Å². The molecule has 5 nitrogen and oxygen atoms in total. The number of nitrogens with zero attached hydrogens (tertiary/aromatic N) is 1. The third-order valence-corrected chi connectivity index (χ3v) is 5.19. The van der Waals surface area contributed by atoms with Gasteiger partial charge in [0.25, 0.3) is 5.69 Å². The van der Waals surface area contributed by atoms with Gasteiger partial charge in [0.1, 0.15) is 12.4 Å². The van der Waals surface area contributed by atoms with E-state index in [0.717, 1.165) is 16.8 Å². The molecular weight excluding hydrogens is 411 g/mol. The van der Waals surface area contributed by atoms with Crippen LogP contribution in [0.3, 0.4) is 0 Å². The third kappa shape index (κ3) is 5.19. The molecule has 0 saturated heterocycles. The summed E-state index contributed by atoms with van der Waals surface area (Å²) in [6.07, 6.45) is 0. The zero-order valence-electron chi connectivity index (χ0n) is 16.0. The van der Waals surface area contributed by atoms with E-state index in [1.165, 1.54) is 23.3 Å². The van der Waals surface area contributed by atoms with Crippen molar-refractivity contribution in [3.63, 3.8) is 0 Å². The van der Waals surface area contributed by atoms with Gasteiger partial charge in [0.15, 0.2) is 0 Å². The van der Waals surface area contributed by atoms with Crippen LogP contribution in [0.2, 0.25) is 10.0 Å². The molecular formula is C22H20Cl2N2O3. The summed E-state index contributed by atoms with van der Waals surface area (Å²) in [4.78, 5) is 10.4. The maximum absolute atomic E-state index is 10.8. The number of anilines is 1. The number of aryl methyl sites for hydroxylation is 1. The summed E-state index contributed by atoms with van der Waals surface area (Å²) in [5, 5.41) is 15.1. The second kappa shape index (κ2) is 9.16. The monoisotopic (exact) mass is 430 g/mol. The highest BCUT2D eigenvalue weighted by molar-refractivity contribution is 6.35. The van der Waals surface area contributed by atoms with Gasteiger partial charge in [-0.2, -0.15) is 0 Å². The molecule has 0 amide bonds. The molecule has 0 bridgehead atoms. The van der Waals surface area contributed by atoms with Gasteiger partial charge in [0, 0.05) is 35.0 Å². The lowest BCUT2D eigenvalue weighted by molar-refractivity contribution is -0.384. The topological polar surface area (TPSA) is 64.4 Å². The number of benzene rings is 3. The van der Waals surface area contributed by atoms with Crippen molar-refractivity contribution in [3.8, 4) is 5.75 Å². The number of nitro groups is 1. The molecule has 0 atom stereocenters. The van der Waals surface area contributed by atoms with E-state index >= 15 is 0 Å². The number of hydrogen-bond acceptors (Lipinski definition) is 4. The number of nitrogens with one attached hydrogen (secondary N) is 1. The molecule has 0 aliphatic heterocycles. The Balaban J connectivity index is 1.77. The van der Waals surface area contributed by atoms with Crippen LogP contribution in [0.4, 0.5) is 11.4 Å². The molecule has 0 unspecified atom stereocenters. The number of ether oxygens (including phenoxy) is 1. The van der Waals surface area contributed by atoms with Gasteiger partial charge in [-0.25, -0.2) is 0 Å². The lowest BCUT2D eigenvalue weighted by atomic mass is 10.1. The Hall–Kier alpha value is -2.76. The van der Waals surface area contributed by atoms with E-state index in [9.17, 15) is 10.1 Å². The first-order chi connectivity index (χ1) is 13.8. The average molecular weight is 431 g/mol. The summed E-state index contributed by atoms with van der Waals surface area (Å²) >= 11 is 12.6. The molecule has 0 aliphatic carbocycles. The van der Waals surface area contributed by atoms with E-state index < -0.39 is 4.92 Å². The van der Waals surface area contributed by atoms with Crippen LogP contribution >= 0.6 is 23.2 Å². The molecule has 0 fully saturated rings.